The highest BCUT2D eigenvalue weighted by molar-refractivity contribution is 7.15. The third kappa shape index (κ3) is 5.81. The number of hydrogen-bond acceptors (Lipinski definition) is 5. The highest BCUT2D eigenvalue weighted by Crippen LogP contribution is 2.35. The van der Waals surface area contributed by atoms with Gasteiger partial charge in [0.25, 0.3) is 5.91 Å². The first-order valence-electron chi connectivity index (χ1n) is 10.4. The molecule has 1 amide bonds. The summed E-state index contributed by atoms with van der Waals surface area (Å²) in [5.41, 5.74) is 0.869. The van der Waals surface area contributed by atoms with Gasteiger partial charge in [0, 0.05) is 28.1 Å². The van der Waals surface area contributed by atoms with Gasteiger partial charge in [-0.25, -0.2) is 4.98 Å². The number of carboxylic acid groups (broad SMARTS) is 1. The highest BCUT2D eigenvalue weighted by atomic mass is 32.1. The van der Waals surface area contributed by atoms with Crippen molar-refractivity contribution in [1.29, 1.82) is 0 Å². The molecule has 1 atom stereocenters. The molecule has 3 N–H and O–H groups in total. The van der Waals surface area contributed by atoms with Gasteiger partial charge in [0.1, 0.15) is 5.75 Å². The molecule has 0 saturated carbocycles. The largest absolute Gasteiger partial charge is 0.505 e. The lowest BCUT2D eigenvalue weighted by atomic mass is 9.94. The van der Waals surface area contributed by atoms with Crippen LogP contribution in [0, 0.1) is 11.3 Å². The zero-order chi connectivity index (χ0) is 22.5. The predicted molar refractivity (Wildman–Crippen MR) is 120 cm³/mol. The van der Waals surface area contributed by atoms with Crippen molar-refractivity contribution >= 4 is 23.2 Å². The van der Waals surface area contributed by atoms with Crippen molar-refractivity contribution in [2.75, 3.05) is 6.54 Å². The Labute approximate surface area is 182 Å². The van der Waals surface area contributed by atoms with E-state index < -0.39 is 17.3 Å². The van der Waals surface area contributed by atoms with Crippen LogP contribution in [0.15, 0.2) is 18.3 Å². The molecule has 0 aliphatic heterocycles. The van der Waals surface area contributed by atoms with Crippen LogP contribution in [0.4, 0.5) is 0 Å². The fourth-order valence-electron chi connectivity index (χ4n) is 2.92. The van der Waals surface area contributed by atoms with E-state index in [4.69, 9.17) is 5.11 Å². The van der Waals surface area contributed by atoms with Gasteiger partial charge in [-0.2, -0.15) is 0 Å². The normalized spacial score (nSPS) is 12.6. The van der Waals surface area contributed by atoms with Crippen LogP contribution in [-0.2, 0) is 17.6 Å². The zero-order valence-electron chi connectivity index (χ0n) is 18.4. The van der Waals surface area contributed by atoms with E-state index in [2.05, 4.69) is 37.1 Å². The summed E-state index contributed by atoms with van der Waals surface area (Å²) in [7, 11) is 0. The fourth-order valence-corrected chi connectivity index (χ4v) is 4.17. The number of nitrogens with one attached hydrogen (secondary N) is 1. The summed E-state index contributed by atoms with van der Waals surface area (Å²) in [6, 6.07) is 3.69. The van der Waals surface area contributed by atoms with Gasteiger partial charge in [0.2, 0.25) is 0 Å². The van der Waals surface area contributed by atoms with E-state index in [9.17, 15) is 14.7 Å². The van der Waals surface area contributed by atoms with Crippen molar-refractivity contribution in [2.45, 2.75) is 60.3 Å². The molecular weight excluding hydrogens is 400 g/mol. The number of rotatable bonds is 10. The molecule has 30 heavy (non-hydrogen) atoms. The minimum absolute atomic E-state index is 0.0611. The molecule has 164 valence electrons. The van der Waals surface area contributed by atoms with Gasteiger partial charge in [-0.3, -0.25) is 9.59 Å². The average molecular weight is 433 g/mol. The molecule has 2 heterocycles. The van der Waals surface area contributed by atoms with Gasteiger partial charge in [-0.05, 0) is 56.7 Å². The Bertz CT molecular complexity index is 905. The van der Waals surface area contributed by atoms with Crippen LogP contribution in [0.25, 0.3) is 10.4 Å². The van der Waals surface area contributed by atoms with Crippen LogP contribution in [-0.4, -0.2) is 33.6 Å². The maximum absolute atomic E-state index is 12.3. The minimum atomic E-state index is -1.11. The third-order valence-corrected chi connectivity index (χ3v) is 6.76. The number of aromatic nitrogens is 1. The van der Waals surface area contributed by atoms with Crippen LogP contribution in [0.5, 0.6) is 5.75 Å². The Balaban J connectivity index is 2.17. The number of aliphatic carboxylic acids is 1. The Morgan fingerprint density at radius 1 is 1.27 bits per heavy atom. The molecule has 0 aromatic carbocycles. The van der Waals surface area contributed by atoms with Crippen molar-refractivity contribution in [1.82, 2.24) is 10.3 Å². The van der Waals surface area contributed by atoms with Crippen molar-refractivity contribution in [3.8, 4) is 16.2 Å². The maximum atomic E-state index is 12.3. The highest BCUT2D eigenvalue weighted by Gasteiger charge is 2.28. The number of amides is 1. The molecule has 1 unspecified atom stereocenters. The lowest BCUT2D eigenvalue weighted by Crippen LogP contribution is -2.39. The Hall–Kier alpha value is -2.41. The second-order valence-corrected chi connectivity index (χ2v) is 9.56. The van der Waals surface area contributed by atoms with Gasteiger partial charge >= 0.3 is 5.97 Å². The van der Waals surface area contributed by atoms with Gasteiger partial charge in [0.05, 0.1) is 5.41 Å². The standard InChI is InChI=1S/C23H32N2O4S/c1-6-14(3)8-9-18-15(7-2)11-19(30-18)16-10-17(26)20(24-12-16)21(27)25-13-23(4,5)22(28)29/h10-12,14,26H,6-9,13H2,1-5H3,(H,25,27)(H,28,29). The maximum Gasteiger partial charge on any atom is 0.310 e. The van der Waals surface area contributed by atoms with Crippen molar-refractivity contribution in [3.63, 3.8) is 0 Å². The Morgan fingerprint density at radius 3 is 2.53 bits per heavy atom. The van der Waals surface area contributed by atoms with E-state index in [-0.39, 0.29) is 18.0 Å². The fraction of sp³-hybridized carbons (Fsp3) is 0.522. The first-order valence-corrected chi connectivity index (χ1v) is 11.2. The number of aryl methyl sites for hydroxylation is 2. The number of carbonyl (C=O) groups is 2. The van der Waals surface area contributed by atoms with Gasteiger partial charge in [0.15, 0.2) is 5.69 Å². The van der Waals surface area contributed by atoms with E-state index in [0.717, 1.165) is 29.7 Å². The molecule has 0 aliphatic carbocycles. The second kappa shape index (κ2) is 10.1. The lowest BCUT2D eigenvalue weighted by Gasteiger charge is -2.19. The molecule has 0 radical (unpaired) electrons. The smallest absolute Gasteiger partial charge is 0.310 e. The summed E-state index contributed by atoms with van der Waals surface area (Å²) in [5, 5.41) is 22.1. The van der Waals surface area contributed by atoms with Crippen LogP contribution in [0.3, 0.4) is 0 Å². The molecule has 0 spiro atoms. The summed E-state index contributed by atoms with van der Waals surface area (Å²) < 4.78 is 0. The van der Waals surface area contributed by atoms with Crippen molar-refractivity contribution in [2.24, 2.45) is 11.3 Å². The number of carboxylic acids is 1. The minimum Gasteiger partial charge on any atom is -0.505 e. The number of aromatic hydroxyl groups is 1. The SMILES string of the molecule is CCc1cc(-c2cnc(C(=O)NCC(C)(C)C(=O)O)c(O)c2)sc1CCC(C)CC. The number of nitrogens with zero attached hydrogens (tertiary/aromatic N) is 1. The molecule has 0 saturated heterocycles. The number of thiophene rings is 1. The molecular formula is C23H32N2O4S. The number of carbonyl (C=O) groups excluding carboxylic acids is 1. The summed E-state index contributed by atoms with van der Waals surface area (Å²) in [5.74, 6) is -1.13. The van der Waals surface area contributed by atoms with Gasteiger partial charge in [-0.15, -0.1) is 11.3 Å². The quantitative estimate of drug-likeness (QED) is 0.496. The first-order chi connectivity index (χ1) is 14.1. The van der Waals surface area contributed by atoms with Crippen molar-refractivity contribution in [3.05, 3.63) is 34.5 Å². The molecule has 2 rings (SSSR count). The van der Waals surface area contributed by atoms with Crippen LogP contribution >= 0.6 is 11.3 Å². The molecule has 2 aromatic rings. The Kier molecular flexibility index (Phi) is 8.01. The number of pyridine rings is 1. The molecule has 0 fully saturated rings. The van der Waals surface area contributed by atoms with Gasteiger partial charge in [-0.1, -0.05) is 27.2 Å². The Morgan fingerprint density at radius 2 is 1.97 bits per heavy atom. The van der Waals surface area contributed by atoms with E-state index in [0.29, 0.717) is 5.92 Å². The van der Waals surface area contributed by atoms with E-state index in [1.807, 2.05) is 0 Å². The molecule has 6 nitrogen and oxygen atoms in total. The monoisotopic (exact) mass is 432 g/mol. The molecule has 0 aliphatic rings. The van der Waals surface area contributed by atoms with Crippen molar-refractivity contribution < 1.29 is 19.8 Å². The molecule has 2 aromatic heterocycles. The van der Waals surface area contributed by atoms with E-state index >= 15 is 0 Å². The van der Waals surface area contributed by atoms with Crippen LogP contribution in [0.2, 0.25) is 0 Å². The predicted octanol–water partition coefficient (Wildman–Crippen LogP) is 4.90. The summed E-state index contributed by atoms with van der Waals surface area (Å²) in [4.78, 5) is 30.1. The summed E-state index contributed by atoms with van der Waals surface area (Å²) in [6.45, 7) is 9.60. The average Bonchev–Trinajstić information content (AvgIpc) is 3.13. The van der Waals surface area contributed by atoms with Gasteiger partial charge < -0.3 is 15.5 Å². The topological polar surface area (TPSA) is 99.5 Å². The van der Waals surface area contributed by atoms with Crippen LogP contribution < -0.4 is 5.32 Å². The van der Waals surface area contributed by atoms with Crippen LogP contribution in [0.1, 0.15) is 68.4 Å². The lowest BCUT2D eigenvalue weighted by molar-refractivity contribution is -0.146. The van der Waals surface area contributed by atoms with E-state index in [1.54, 1.807) is 23.6 Å². The molecule has 0 bridgehead atoms. The summed E-state index contributed by atoms with van der Waals surface area (Å²) >= 11 is 1.71. The third-order valence-electron chi connectivity index (χ3n) is 5.48. The molecule has 7 heteroatoms. The van der Waals surface area contributed by atoms with E-state index in [1.165, 1.54) is 30.7 Å². The first kappa shape index (κ1) is 23.9. The number of hydrogen-bond donors (Lipinski definition) is 3. The zero-order valence-corrected chi connectivity index (χ0v) is 19.2. The summed E-state index contributed by atoms with van der Waals surface area (Å²) in [6.07, 6.45) is 5.90. The second-order valence-electron chi connectivity index (χ2n) is 8.43.